The Labute approximate surface area is 66.8 Å². The Morgan fingerprint density at radius 3 is 2.73 bits per heavy atom. The molecule has 0 saturated carbocycles. The predicted molar refractivity (Wildman–Crippen MR) is 46.1 cm³/mol. The van der Waals surface area contributed by atoms with Gasteiger partial charge in [-0.05, 0) is 13.8 Å². The van der Waals surface area contributed by atoms with Gasteiger partial charge in [-0.15, -0.1) is 0 Å². The second-order valence-electron chi connectivity index (χ2n) is 2.42. The van der Waals surface area contributed by atoms with Crippen LogP contribution in [0.15, 0.2) is 12.4 Å². The highest BCUT2D eigenvalue weighted by atomic mass is 15.1. The second kappa shape index (κ2) is 3.23. The van der Waals surface area contributed by atoms with Crippen molar-refractivity contribution in [3.63, 3.8) is 0 Å². The van der Waals surface area contributed by atoms with Gasteiger partial charge in [-0.3, -0.25) is 0 Å². The lowest BCUT2D eigenvalue weighted by molar-refractivity contribution is 0.979. The fraction of sp³-hybridized carbons (Fsp3) is 0.375. The minimum Gasteiger partial charge on any atom is -0.393 e. The normalized spacial score (nSPS) is 10.8. The summed E-state index contributed by atoms with van der Waals surface area (Å²) < 4.78 is 2.02. The van der Waals surface area contributed by atoms with Gasteiger partial charge in [-0.1, -0.05) is 0 Å². The number of nitrogens with zero attached hydrogens (tertiary/aromatic N) is 2. The maximum atomic E-state index is 4.15. The van der Waals surface area contributed by atoms with Crippen molar-refractivity contribution in [2.45, 2.75) is 13.8 Å². The zero-order chi connectivity index (χ0) is 8.27. The van der Waals surface area contributed by atoms with Gasteiger partial charge in [0, 0.05) is 31.3 Å². The molecule has 1 N–H and O–H groups in total. The summed E-state index contributed by atoms with van der Waals surface area (Å²) in [5, 5.41) is 2.93. The number of aryl methyl sites for hydroxylation is 2. The summed E-state index contributed by atoms with van der Waals surface area (Å²) in [5.41, 5.74) is 1.15. The molecule has 0 aromatic carbocycles. The van der Waals surface area contributed by atoms with Crippen molar-refractivity contribution >= 4 is 6.20 Å². The number of aromatic nitrogens is 2. The third-order valence-corrected chi connectivity index (χ3v) is 1.56. The smallest absolute Gasteiger partial charge is 0.109 e. The van der Waals surface area contributed by atoms with Crippen molar-refractivity contribution in [1.29, 1.82) is 0 Å². The molecular formula is C8H13N3. The predicted octanol–water partition coefficient (Wildman–Crippen LogP) is 1.15. The number of nitrogens with one attached hydrogen (secondary N) is 1. The Morgan fingerprint density at radius 1 is 1.55 bits per heavy atom. The van der Waals surface area contributed by atoms with Crippen molar-refractivity contribution < 1.29 is 0 Å². The van der Waals surface area contributed by atoms with Gasteiger partial charge in [0.1, 0.15) is 5.82 Å². The van der Waals surface area contributed by atoms with E-state index in [9.17, 15) is 0 Å². The monoisotopic (exact) mass is 151 g/mol. The first-order chi connectivity index (χ1) is 5.25. The molecule has 0 fully saturated rings. The van der Waals surface area contributed by atoms with E-state index in [1.807, 2.05) is 44.1 Å². The van der Waals surface area contributed by atoms with Crippen LogP contribution >= 0.6 is 0 Å². The molecule has 1 rings (SSSR count). The minimum atomic E-state index is 1.01. The molecule has 0 amide bonds. The standard InChI is InChI=1S/C8H13N3/c1-7-6-10-8(2)11(7)5-4-9-3/h4-6,9H,1-3H3/b5-4-. The quantitative estimate of drug-likeness (QED) is 0.687. The summed E-state index contributed by atoms with van der Waals surface area (Å²) in [4.78, 5) is 4.15. The van der Waals surface area contributed by atoms with Crippen LogP contribution in [0, 0.1) is 13.8 Å². The van der Waals surface area contributed by atoms with Crippen LogP contribution in [0.25, 0.3) is 6.20 Å². The molecule has 0 atom stereocenters. The summed E-state index contributed by atoms with van der Waals surface area (Å²) in [6.45, 7) is 4.01. The maximum Gasteiger partial charge on any atom is 0.109 e. The molecule has 11 heavy (non-hydrogen) atoms. The van der Waals surface area contributed by atoms with Crippen LogP contribution in [-0.2, 0) is 0 Å². The molecule has 3 nitrogen and oxygen atoms in total. The Balaban J connectivity index is 2.92. The first-order valence-corrected chi connectivity index (χ1v) is 3.60. The van der Waals surface area contributed by atoms with E-state index in [4.69, 9.17) is 0 Å². The van der Waals surface area contributed by atoms with Crippen LogP contribution in [0.3, 0.4) is 0 Å². The Kier molecular flexibility index (Phi) is 2.31. The number of hydrogen-bond acceptors (Lipinski definition) is 2. The first kappa shape index (κ1) is 7.85. The minimum absolute atomic E-state index is 1.01. The molecule has 0 spiro atoms. The summed E-state index contributed by atoms with van der Waals surface area (Å²) >= 11 is 0. The van der Waals surface area contributed by atoms with E-state index in [1.165, 1.54) is 0 Å². The summed E-state index contributed by atoms with van der Waals surface area (Å²) in [6, 6.07) is 0. The van der Waals surface area contributed by atoms with Gasteiger partial charge in [-0.2, -0.15) is 0 Å². The van der Waals surface area contributed by atoms with E-state index in [2.05, 4.69) is 10.3 Å². The van der Waals surface area contributed by atoms with Gasteiger partial charge >= 0.3 is 0 Å². The number of imidazole rings is 1. The van der Waals surface area contributed by atoms with Crippen molar-refractivity contribution in [2.24, 2.45) is 0 Å². The van der Waals surface area contributed by atoms with E-state index < -0.39 is 0 Å². The van der Waals surface area contributed by atoms with Crippen molar-refractivity contribution in [1.82, 2.24) is 14.9 Å². The van der Waals surface area contributed by atoms with Gasteiger partial charge in [0.15, 0.2) is 0 Å². The molecule has 1 aromatic heterocycles. The Morgan fingerprint density at radius 2 is 2.27 bits per heavy atom. The zero-order valence-electron chi connectivity index (χ0n) is 7.13. The van der Waals surface area contributed by atoms with Gasteiger partial charge in [0.25, 0.3) is 0 Å². The van der Waals surface area contributed by atoms with Crippen LogP contribution in [0.1, 0.15) is 11.5 Å². The molecule has 3 heteroatoms. The van der Waals surface area contributed by atoms with Crippen LogP contribution in [0.5, 0.6) is 0 Å². The van der Waals surface area contributed by atoms with Crippen LogP contribution in [0.4, 0.5) is 0 Å². The molecule has 0 aliphatic heterocycles. The molecule has 1 heterocycles. The highest BCUT2D eigenvalue weighted by Crippen LogP contribution is 2.02. The zero-order valence-corrected chi connectivity index (χ0v) is 7.13. The van der Waals surface area contributed by atoms with E-state index in [0.717, 1.165) is 11.5 Å². The topological polar surface area (TPSA) is 29.9 Å². The molecular weight excluding hydrogens is 138 g/mol. The van der Waals surface area contributed by atoms with Crippen LogP contribution < -0.4 is 5.32 Å². The lowest BCUT2D eigenvalue weighted by Gasteiger charge is -1.98. The Bertz CT molecular complexity index is 241. The highest BCUT2D eigenvalue weighted by molar-refractivity contribution is 5.27. The van der Waals surface area contributed by atoms with E-state index in [-0.39, 0.29) is 0 Å². The largest absolute Gasteiger partial charge is 0.393 e. The summed E-state index contributed by atoms with van der Waals surface area (Å²) in [5.74, 6) is 1.01. The fourth-order valence-electron chi connectivity index (χ4n) is 0.941. The van der Waals surface area contributed by atoms with Gasteiger partial charge in [0.05, 0.1) is 0 Å². The highest BCUT2D eigenvalue weighted by Gasteiger charge is 1.96. The van der Waals surface area contributed by atoms with E-state index in [1.54, 1.807) is 0 Å². The molecule has 0 unspecified atom stereocenters. The maximum absolute atomic E-state index is 4.15. The third-order valence-electron chi connectivity index (χ3n) is 1.56. The van der Waals surface area contributed by atoms with Crippen molar-refractivity contribution in [3.8, 4) is 0 Å². The molecule has 0 saturated heterocycles. The van der Waals surface area contributed by atoms with E-state index >= 15 is 0 Å². The lowest BCUT2D eigenvalue weighted by atomic mass is 10.5. The van der Waals surface area contributed by atoms with Crippen LogP contribution in [0.2, 0.25) is 0 Å². The van der Waals surface area contributed by atoms with Gasteiger partial charge in [0.2, 0.25) is 0 Å². The molecule has 0 aliphatic carbocycles. The van der Waals surface area contributed by atoms with Crippen molar-refractivity contribution in [3.05, 3.63) is 23.9 Å². The fourth-order valence-corrected chi connectivity index (χ4v) is 0.941. The molecule has 0 aliphatic rings. The number of hydrogen-bond donors (Lipinski definition) is 1. The second-order valence-corrected chi connectivity index (χ2v) is 2.42. The molecule has 0 radical (unpaired) electrons. The number of rotatable bonds is 2. The average molecular weight is 151 g/mol. The average Bonchev–Trinajstić information content (AvgIpc) is 2.29. The molecule has 1 aromatic rings. The Hall–Kier alpha value is -1.25. The summed E-state index contributed by atoms with van der Waals surface area (Å²) in [6.07, 6.45) is 5.69. The first-order valence-electron chi connectivity index (χ1n) is 3.60. The van der Waals surface area contributed by atoms with Crippen molar-refractivity contribution in [2.75, 3.05) is 7.05 Å². The lowest BCUT2D eigenvalue weighted by Crippen LogP contribution is -1.97. The SMILES string of the molecule is CN/C=C\n1c(C)cnc1C. The molecule has 0 bridgehead atoms. The van der Waals surface area contributed by atoms with E-state index in [0.29, 0.717) is 0 Å². The summed E-state index contributed by atoms with van der Waals surface area (Å²) in [7, 11) is 1.87. The van der Waals surface area contributed by atoms with Gasteiger partial charge < -0.3 is 9.88 Å². The molecule has 60 valence electrons. The van der Waals surface area contributed by atoms with Gasteiger partial charge in [-0.25, -0.2) is 4.98 Å². The third kappa shape index (κ3) is 1.61. The van der Waals surface area contributed by atoms with Crippen LogP contribution in [-0.4, -0.2) is 16.6 Å².